The first kappa shape index (κ1) is 9.57. The topological polar surface area (TPSA) is 75.8 Å². The molecule has 6 heteroatoms. The van der Waals surface area contributed by atoms with Gasteiger partial charge in [0.15, 0.2) is 0 Å². The summed E-state index contributed by atoms with van der Waals surface area (Å²) >= 11 is 0. The smallest absolute Gasteiger partial charge is 0.266 e. The second-order valence-corrected chi connectivity index (χ2v) is 3.24. The minimum Gasteiger partial charge on any atom is -0.272 e. The molecule has 1 heterocycles. The zero-order chi connectivity index (χ0) is 11.0. The number of amides is 1. The van der Waals surface area contributed by atoms with E-state index in [1.807, 2.05) is 0 Å². The van der Waals surface area contributed by atoms with Crippen LogP contribution in [0.4, 0.5) is 0 Å². The number of nitrogens with zero attached hydrogens (tertiary/aromatic N) is 3. The normalized spacial score (nSPS) is 23.7. The highest BCUT2D eigenvalue weighted by Crippen LogP contribution is 2.23. The number of carbonyl (C=O) groups excluding carboxylic acids is 1. The van der Waals surface area contributed by atoms with Gasteiger partial charge in [-0.2, -0.15) is 5.10 Å². The Morgan fingerprint density at radius 1 is 1.60 bits per heavy atom. The Hall–Kier alpha value is -1.98. The van der Waals surface area contributed by atoms with E-state index < -0.39 is 10.8 Å². The average molecular weight is 207 g/mol. The van der Waals surface area contributed by atoms with Crippen LogP contribution in [0.1, 0.15) is 6.92 Å². The van der Waals surface area contributed by atoms with Gasteiger partial charge in [-0.1, -0.05) is 0 Å². The van der Waals surface area contributed by atoms with Crippen LogP contribution in [0.3, 0.4) is 0 Å². The Kier molecular flexibility index (Phi) is 2.11. The first-order chi connectivity index (χ1) is 7.13. The molecule has 0 bridgehead atoms. The van der Waals surface area contributed by atoms with Crippen molar-refractivity contribution < 1.29 is 9.72 Å². The molecule has 6 nitrogen and oxygen atoms in total. The standard InChI is InChI=1S/C9H9N3O3/c1-2-11-9(13)7-5-6(12(14)15)3-4-8(7)10-11/h3-5,7H,2H2,1H3. The third-order valence-corrected chi connectivity index (χ3v) is 2.35. The Bertz CT molecular complexity index is 422. The zero-order valence-corrected chi connectivity index (χ0v) is 8.08. The summed E-state index contributed by atoms with van der Waals surface area (Å²) in [6.07, 6.45) is 4.23. The number of allylic oxidation sites excluding steroid dienone is 2. The minimum absolute atomic E-state index is 0.0507. The van der Waals surface area contributed by atoms with E-state index in [2.05, 4.69) is 5.10 Å². The highest BCUT2D eigenvalue weighted by atomic mass is 16.6. The maximum absolute atomic E-state index is 11.6. The summed E-state index contributed by atoms with van der Waals surface area (Å²) in [5.74, 6) is -0.772. The third-order valence-electron chi connectivity index (χ3n) is 2.35. The molecular formula is C9H9N3O3. The molecule has 0 aromatic carbocycles. The van der Waals surface area contributed by atoms with E-state index in [9.17, 15) is 14.9 Å². The molecular weight excluding hydrogens is 198 g/mol. The predicted molar refractivity (Wildman–Crippen MR) is 52.5 cm³/mol. The van der Waals surface area contributed by atoms with Crippen LogP contribution in [0.25, 0.3) is 0 Å². The Morgan fingerprint density at radius 2 is 2.33 bits per heavy atom. The van der Waals surface area contributed by atoms with E-state index in [4.69, 9.17) is 0 Å². The van der Waals surface area contributed by atoms with Crippen LogP contribution in [0.2, 0.25) is 0 Å². The summed E-state index contributed by atoms with van der Waals surface area (Å²) < 4.78 is 0. The van der Waals surface area contributed by atoms with E-state index in [0.717, 1.165) is 0 Å². The molecule has 0 spiro atoms. The summed E-state index contributed by atoms with van der Waals surface area (Å²) in [6.45, 7) is 2.29. The molecule has 2 aliphatic rings. The first-order valence-corrected chi connectivity index (χ1v) is 4.57. The fourth-order valence-corrected chi connectivity index (χ4v) is 1.58. The monoisotopic (exact) mass is 207 g/mol. The molecule has 0 aromatic rings. The molecule has 1 amide bonds. The van der Waals surface area contributed by atoms with Crippen LogP contribution >= 0.6 is 0 Å². The summed E-state index contributed by atoms with van der Waals surface area (Å²) in [4.78, 5) is 21.7. The molecule has 0 aromatic heterocycles. The maximum atomic E-state index is 11.6. The molecule has 15 heavy (non-hydrogen) atoms. The molecule has 0 radical (unpaired) electrons. The lowest BCUT2D eigenvalue weighted by atomic mass is 9.97. The average Bonchev–Trinajstić information content (AvgIpc) is 2.55. The van der Waals surface area contributed by atoms with Crippen molar-refractivity contribution >= 4 is 11.6 Å². The number of nitro groups is 1. The molecule has 1 unspecified atom stereocenters. The van der Waals surface area contributed by atoms with E-state index in [0.29, 0.717) is 12.3 Å². The Labute approximate surface area is 85.7 Å². The molecule has 2 rings (SSSR count). The van der Waals surface area contributed by atoms with Crippen molar-refractivity contribution in [2.75, 3.05) is 6.54 Å². The molecule has 1 atom stereocenters. The number of hydrazone groups is 1. The van der Waals surface area contributed by atoms with Crippen molar-refractivity contribution in [1.29, 1.82) is 0 Å². The van der Waals surface area contributed by atoms with Gasteiger partial charge in [-0.25, -0.2) is 5.01 Å². The lowest BCUT2D eigenvalue weighted by molar-refractivity contribution is -0.419. The van der Waals surface area contributed by atoms with Crippen molar-refractivity contribution in [3.05, 3.63) is 34.0 Å². The van der Waals surface area contributed by atoms with Crippen LogP contribution in [0, 0.1) is 16.0 Å². The van der Waals surface area contributed by atoms with Crippen molar-refractivity contribution in [3.63, 3.8) is 0 Å². The molecule has 1 aliphatic heterocycles. The first-order valence-electron chi connectivity index (χ1n) is 4.57. The van der Waals surface area contributed by atoms with E-state index in [1.54, 1.807) is 6.92 Å². The van der Waals surface area contributed by atoms with Gasteiger partial charge < -0.3 is 0 Å². The highest BCUT2D eigenvalue weighted by Gasteiger charge is 2.35. The molecule has 0 N–H and O–H groups in total. The van der Waals surface area contributed by atoms with Crippen molar-refractivity contribution in [1.82, 2.24) is 5.01 Å². The van der Waals surface area contributed by atoms with Crippen LogP contribution < -0.4 is 0 Å². The van der Waals surface area contributed by atoms with Crippen LogP contribution in [-0.4, -0.2) is 28.1 Å². The SMILES string of the molecule is CCN1N=C2C=CC([N+](=O)[O-])=CC2C1=O. The molecule has 78 valence electrons. The highest BCUT2D eigenvalue weighted by molar-refractivity contribution is 6.15. The van der Waals surface area contributed by atoms with Gasteiger partial charge in [0, 0.05) is 18.7 Å². The lowest BCUT2D eigenvalue weighted by Gasteiger charge is -2.09. The summed E-state index contributed by atoms with van der Waals surface area (Å²) in [6, 6.07) is 0. The number of hydrogen-bond acceptors (Lipinski definition) is 4. The summed E-state index contributed by atoms with van der Waals surface area (Å²) in [5, 5.41) is 15.9. The minimum atomic E-state index is -0.574. The molecule has 0 saturated carbocycles. The fourth-order valence-electron chi connectivity index (χ4n) is 1.58. The van der Waals surface area contributed by atoms with Gasteiger partial charge in [-0.15, -0.1) is 0 Å². The number of fused-ring (bicyclic) bond motifs is 1. The molecule has 0 saturated heterocycles. The van der Waals surface area contributed by atoms with Gasteiger partial charge >= 0.3 is 0 Å². The quantitative estimate of drug-likeness (QED) is 0.490. The largest absolute Gasteiger partial charge is 0.272 e. The molecule has 0 fully saturated rings. The van der Waals surface area contributed by atoms with Crippen molar-refractivity contribution in [2.24, 2.45) is 11.0 Å². The Balaban J connectivity index is 2.33. The summed E-state index contributed by atoms with van der Waals surface area (Å²) in [5.41, 5.74) is 0.526. The second kappa shape index (κ2) is 3.30. The third kappa shape index (κ3) is 1.43. The van der Waals surface area contributed by atoms with E-state index >= 15 is 0 Å². The van der Waals surface area contributed by atoms with E-state index in [1.165, 1.54) is 23.2 Å². The van der Waals surface area contributed by atoms with Crippen LogP contribution in [0.5, 0.6) is 0 Å². The zero-order valence-electron chi connectivity index (χ0n) is 8.08. The fraction of sp³-hybridized carbons (Fsp3) is 0.333. The Morgan fingerprint density at radius 3 is 2.93 bits per heavy atom. The van der Waals surface area contributed by atoms with E-state index in [-0.39, 0.29) is 11.6 Å². The maximum Gasteiger partial charge on any atom is 0.266 e. The van der Waals surface area contributed by atoms with Crippen LogP contribution in [-0.2, 0) is 4.79 Å². The van der Waals surface area contributed by atoms with Gasteiger partial charge in [-0.05, 0) is 13.0 Å². The number of hydrogen-bond donors (Lipinski definition) is 0. The van der Waals surface area contributed by atoms with Crippen molar-refractivity contribution in [2.45, 2.75) is 6.92 Å². The van der Waals surface area contributed by atoms with Gasteiger partial charge in [-0.3, -0.25) is 14.9 Å². The lowest BCUT2D eigenvalue weighted by Crippen LogP contribution is -2.27. The summed E-state index contributed by atoms with van der Waals surface area (Å²) in [7, 11) is 0. The van der Waals surface area contributed by atoms with Gasteiger partial charge in [0.05, 0.1) is 10.6 Å². The number of rotatable bonds is 2. The number of carbonyl (C=O) groups is 1. The molecule has 1 aliphatic carbocycles. The predicted octanol–water partition coefficient (Wildman–Crippen LogP) is 0.551. The second-order valence-electron chi connectivity index (χ2n) is 3.24. The van der Waals surface area contributed by atoms with Gasteiger partial charge in [0.1, 0.15) is 5.92 Å². The van der Waals surface area contributed by atoms with Crippen molar-refractivity contribution in [3.8, 4) is 0 Å². The van der Waals surface area contributed by atoms with Gasteiger partial charge in [0.2, 0.25) is 0 Å². The van der Waals surface area contributed by atoms with Gasteiger partial charge in [0.25, 0.3) is 11.6 Å². The van der Waals surface area contributed by atoms with Crippen LogP contribution in [0.15, 0.2) is 29.0 Å².